The second-order valence-electron chi connectivity index (χ2n) is 4.97. The highest BCUT2D eigenvalue weighted by molar-refractivity contribution is 7.59. The molecule has 8 nitrogen and oxygen atoms in total. The SMILES string of the molecule is COc1cccc(C(=O)c2sc(N)nc2-c2ccc(P(=O)(O)O)o2)c1. The van der Waals surface area contributed by atoms with Gasteiger partial charge in [0.15, 0.2) is 10.9 Å². The number of aromatic nitrogens is 1. The first-order chi connectivity index (χ1) is 11.8. The van der Waals surface area contributed by atoms with Gasteiger partial charge in [0, 0.05) is 5.56 Å². The Hall–Kier alpha value is -2.45. The summed E-state index contributed by atoms with van der Waals surface area (Å²) in [7, 11) is -3.05. The number of carbonyl (C=O) groups excluding carboxylic acids is 1. The van der Waals surface area contributed by atoms with Crippen molar-refractivity contribution in [3.63, 3.8) is 0 Å². The summed E-state index contributed by atoms with van der Waals surface area (Å²) in [4.78, 5) is 35.4. The van der Waals surface area contributed by atoms with Crippen molar-refractivity contribution in [2.24, 2.45) is 0 Å². The Morgan fingerprint density at radius 1 is 1.32 bits per heavy atom. The first kappa shape index (κ1) is 17.4. The number of nitrogen functional groups attached to an aromatic ring is 1. The summed E-state index contributed by atoms with van der Waals surface area (Å²) in [5, 5.41) is 0.135. The summed E-state index contributed by atoms with van der Waals surface area (Å²) in [6.07, 6.45) is 0. The van der Waals surface area contributed by atoms with Crippen molar-refractivity contribution in [1.82, 2.24) is 4.98 Å². The van der Waals surface area contributed by atoms with Gasteiger partial charge in [0.2, 0.25) is 11.3 Å². The molecule has 0 unspecified atom stereocenters. The molecule has 3 rings (SSSR count). The van der Waals surface area contributed by atoms with E-state index in [0.717, 1.165) is 17.4 Å². The minimum Gasteiger partial charge on any atom is -0.497 e. The highest BCUT2D eigenvalue weighted by atomic mass is 32.1. The quantitative estimate of drug-likeness (QED) is 0.452. The van der Waals surface area contributed by atoms with Crippen LogP contribution in [0.25, 0.3) is 11.5 Å². The number of rotatable bonds is 5. The molecule has 0 saturated heterocycles. The number of carbonyl (C=O) groups is 1. The Morgan fingerprint density at radius 3 is 2.72 bits per heavy atom. The van der Waals surface area contributed by atoms with Crippen molar-refractivity contribution < 1.29 is 28.3 Å². The number of hydrogen-bond donors (Lipinski definition) is 3. The Labute approximate surface area is 146 Å². The van der Waals surface area contributed by atoms with E-state index in [1.807, 2.05) is 0 Å². The van der Waals surface area contributed by atoms with Gasteiger partial charge in [0.05, 0.1) is 7.11 Å². The molecule has 0 atom stereocenters. The van der Waals surface area contributed by atoms with Gasteiger partial charge in [-0.1, -0.05) is 23.5 Å². The summed E-state index contributed by atoms with van der Waals surface area (Å²) in [6.45, 7) is 0. The molecule has 0 aliphatic heterocycles. The van der Waals surface area contributed by atoms with Crippen LogP contribution in [-0.2, 0) is 4.57 Å². The fourth-order valence-electron chi connectivity index (χ4n) is 2.16. The maximum absolute atomic E-state index is 12.8. The summed E-state index contributed by atoms with van der Waals surface area (Å²) in [5.41, 5.74) is 5.71. The molecule has 0 bridgehead atoms. The van der Waals surface area contributed by atoms with E-state index in [9.17, 15) is 9.36 Å². The average Bonchev–Trinajstić information content (AvgIpc) is 3.20. The summed E-state index contributed by atoms with van der Waals surface area (Å²) in [5.74, 6) is 0.224. The fourth-order valence-corrected chi connectivity index (χ4v) is 3.45. The molecule has 4 N–H and O–H groups in total. The fraction of sp³-hybridized carbons (Fsp3) is 0.0667. The van der Waals surface area contributed by atoms with Crippen molar-refractivity contribution in [3.8, 4) is 17.2 Å². The van der Waals surface area contributed by atoms with Crippen molar-refractivity contribution in [2.75, 3.05) is 12.8 Å². The summed E-state index contributed by atoms with van der Waals surface area (Å²) in [6, 6.07) is 9.06. The zero-order chi connectivity index (χ0) is 18.2. The van der Waals surface area contributed by atoms with Crippen LogP contribution in [0.2, 0.25) is 0 Å². The van der Waals surface area contributed by atoms with Crippen LogP contribution in [-0.4, -0.2) is 27.7 Å². The second kappa shape index (κ2) is 6.45. The molecule has 2 heterocycles. The molecule has 25 heavy (non-hydrogen) atoms. The molecule has 0 fully saturated rings. The maximum atomic E-state index is 12.8. The van der Waals surface area contributed by atoms with Gasteiger partial charge in [-0.3, -0.25) is 9.36 Å². The molecule has 130 valence electrons. The number of anilines is 1. The Balaban J connectivity index is 2.05. The number of nitrogens with two attached hydrogens (primary N) is 1. The van der Waals surface area contributed by atoms with Gasteiger partial charge in [-0.15, -0.1) is 0 Å². The highest BCUT2D eigenvalue weighted by Crippen LogP contribution is 2.37. The van der Waals surface area contributed by atoms with Gasteiger partial charge in [-0.25, -0.2) is 4.98 Å². The monoisotopic (exact) mass is 380 g/mol. The first-order valence-corrected chi connectivity index (χ1v) is 9.34. The predicted octanol–water partition coefficient (Wildman–Crippen LogP) is 2.03. The Kier molecular flexibility index (Phi) is 4.49. The van der Waals surface area contributed by atoms with E-state index >= 15 is 0 Å². The highest BCUT2D eigenvalue weighted by Gasteiger charge is 2.26. The number of thiazole rings is 1. The lowest BCUT2D eigenvalue weighted by atomic mass is 10.1. The van der Waals surface area contributed by atoms with Crippen molar-refractivity contribution in [3.05, 3.63) is 46.8 Å². The van der Waals surface area contributed by atoms with Crippen LogP contribution in [0.15, 0.2) is 40.8 Å². The van der Waals surface area contributed by atoms with Crippen LogP contribution < -0.4 is 16.0 Å². The van der Waals surface area contributed by atoms with Gasteiger partial charge in [0.25, 0.3) is 0 Å². The molecule has 3 aromatic rings. The maximum Gasteiger partial charge on any atom is 0.391 e. The van der Waals surface area contributed by atoms with Crippen molar-refractivity contribution in [2.45, 2.75) is 0 Å². The molecular weight excluding hydrogens is 367 g/mol. The molecule has 0 amide bonds. The molecule has 10 heteroatoms. The first-order valence-electron chi connectivity index (χ1n) is 6.91. The third-order valence-corrected chi connectivity index (χ3v) is 4.99. The van der Waals surface area contributed by atoms with E-state index in [4.69, 9.17) is 24.7 Å². The molecule has 0 radical (unpaired) electrons. The number of hydrogen-bond acceptors (Lipinski definition) is 7. The predicted molar refractivity (Wildman–Crippen MR) is 92.3 cm³/mol. The van der Waals surface area contributed by atoms with Crippen LogP contribution in [0, 0.1) is 0 Å². The molecule has 2 aromatic heterocycles. The lowest BCUT2D eigenvalue weighted by molar-refractivity contribution is 0.104. The third-order valence-electron chi connectivity index (χ3n) is 3.29. The topological polar surface area (TPSA) is 136 Å². The molecular formula is C15H13N2O6PS. The zero-order valence-electron chi connectivity index (χ0n) is 12.9. The van der Waals surface area contributed by atoms with Crippen LogP contribution in [0.4, 0.5) is 5.13 Å². The van der Waals surface area contributed by atoms with E-state index < -0.39 is 13.1 Å². The van der Waals surface area contributed by atoms with Gasteiger partial charge in [-0.2, -0.15) is 0 Å². The minimum absolute atomic E-state index is 0.0533. The lowest BCUT2D eigenvalue weighted by Crippen LogP contribution is -2.01. The van der Waals surface area contributed by atoms with E-state index in [2.05, 4.69) is 4.98 Å². The zero-order valence-corrected chi connectivity index (χ0v) is 14.6. The number of benzene rings is 1. The standard InChI is InChI=1S/C15H13N2O6PS/c1-22-9-4-2-3-8(7-9)13(18)14-12(17-15(16)25-14)10-5-6-11(23-10)24(19,20)21/h2-7H,1H3,(H2,16,17)(H2,19,20,21). The molecule has 1 aromatic carbocycles. The van der Waals surface area contributed by atoms with E-state index in [-0.39, 0.29) is 27.2 Å². The number of ketones is 1. The van der Waals surface area contributed by atoms with Crippen LogP contribution >= 0.6 is 18.9 Å². The van der Waals surface area contributed by atoms with Gasteiger partial charge in [0.1, 0.15) is 16.3 Å². The molecule has 0 aliphatic rings. The second-order valence-corrected chi connectivity index (χ2v) is 7.53. The average molecular weight is 380 g/mol. The van der Waals surface area contributed by atoms with Crippen LogP contribution in [0.3, 0.4) is 0 Å². The Bertz CT molecular complexity index is 990. The van der Waals surface area contributed by atoms with Gasteiger partial charge >= 0.3 is 7.60 Å². The smallest absolute Gasteiger partial charge is 0.391 e. The number of furan rings is 1. The summed E-state index contributed by atoms with van der Waals surface area (Å²) < 4.78 is 21.5. The number of methoxy groups -OCH3 is 1. The van der Waals surface area contributed by atoms with Crippen molar-refractivity contribution in [1.29, 1.82) is 0 Å². The van der Waals surface area contributed by atoms with Gasteiger partial charge in [-0.05, 0) is 24.3 Å². The minimum atomic E-state index is -4.54. The van der Waals surface area contributed by atoms with E-state index in [1.165, 1.54) is 13.2 Å². The molecule has 0 saturated carbocycles. The van der Waals surface area contributed by atoms with E-state index in [0.29, 0.717) is 11.3 Å². The Morgan fingerprint density at radius 2 is 2.08 bits per heavy atom. The largest absolute Gasteiger partial charge is 0.497 e. The third kappa shape index (κ3) is 3.49. The van der Waals surface area contributed by atoms with Crippen molar-refractivity contribution >= 4 is 35.3 Å². The lowest BCUT2D eigenvalue weighted by Gasteiger charge is -2.03. The molecule has 0 spiro atoms. The van der Waals surface area contributed by atoms with Gasteiger partial charge < -0.3 is 24.7 Å². The van der Waals surface area contributed by atoms with Crippen LogP contribution in [0.1, 0.15) is 15.2 Å². The summed E-state index contributed by atoms with van der Waals surface area (Å²) >= 11 is 0.965. The number of nitrogens with zero attached hydrogens (tertiary/aromatic N) is 1. The number of ether oxygens (including phenoxy) is 1. The van der Waals surface area contributed by atoms with Crippen LogP contribution in [0.5, 0.6) is 5.75 Å². The normalized spacial score (nSPS) is 11.5. The van der Waals surface area contributed by atoms with E-state index in [1.54, 1.807) is 24.3 Å². The molecule has 0 aliphatic carbocycles.